The molecule has 0 unspecified atom stereocenters. The van der Waals surface area contributed by atoms with Crippen molar-refractivity contribution in [3.05, 3.63) is 60.8 Å². The van der Waals surface area contributed by atoms with Crippen LogP contribution in [0, 0.1) is 0 Å². The highest BCUT2D eigenvalue weighted by Gasteiger charge is 2.23. The van der Waals surface area contributed by atoms with Crippen molar-refractivity contribution in [3.8, 4) is 11.3 Å². The maximum absolute atomic E-state index is 12.8. The fourth-order valence-corrected chi connectivity index (χ4v) is 3.68. The minimum absolute atomic E-state index is 0.0157. The van der Waals surface area contributed by atoms with E-state index in [1.54, 1.807) is 21.1 Å². The largest absolute Gasteiger partial charge is 0.345 e. The summed E-state index contributed by atoms with van der Waals surface area (Å²) in [6, 6.07) is 10.5. The summed E-state index contributed by atoms with van der Waals surface area (Å²) in [6.07, 6.45) is 4.16. The molecule has 0 aliphatic rings. The van der Waals surface area contributed by atoms with E-state index in [4.69, 9.17) is 0 Å². The third-order valence-electron chi connectivity index (χ3n) is 3.92. The van der Waals surface area contributed by atoms with Gasteiger partial charge in [-0.15, -0.1) is 0 Å². The van der Waals surface area contributed by atoms with Crippen LogP contribution in [0.3, 0.4) is 0 Å². The molecular weight excluding hydrogens is 366 g/mol. The van der Waals surface area contributed by atoms with Gasteiger partial charge in [-0.1, -0.05) is 30.3 Å². The first-order valence-electron chi connectivity index (χ1n) is 8.06. The summed E-state index contributed by atoms with van der Waals surface area (Å²) in [5.41, 5.74) is 1.75. The summed E-state index contributed by atoms with van der Waals surface area (Å²) in [4.78, 5) is 21.7. The Morgan fingerprint density at radius 1 is 1.19 bits per heavy atom. The van der Waals surface area contributed by atoms with Crippen molar-refractivity contribution < 1.29 is 13.2 Å². The first-order valence-corrected chi connectivity index (χ1v) is 9.54. The second-order valence-electron chi connectivity index (χ2n) is 6.13. The Balaban J connectivity index is 1.97. The normalized spacial score (nSPS) is 11.2. The Bertz CT molecular complexity index is 1080. The predicted molar refractivity (Wildman–Crippen MR) is 102 cm³/mol. The number of nitrogens with zero attached hydrogens (tertiary/aromatic N) is 4. The number of carbonyl (C=O) groups is 1. The molecule has 1 amide bonds. The van der Waals surface area contributed by atoms with E-state index in [0.717, 1.165) is 5.56 Å². The summed E-state index contributed by atoms with van der Waals surface area (Å²) < 4.78 is 29.7. The van der Waals surface area contributed by atoms with Crippen molar-refractivity contribution in [2.45, 2.75) is 4.90 Å². The van der Waals surface area contributed by atoms with Crippen LogP contribution in [0.15, 0.2) is 60.0 Å². The summed E-state index contributed by atoms with van der Waals surface area (Å²) in [5, 5.41) is 0. The Hall–Kier alpha value is -3.20. The second-order valence-corrected chi connectivity index (χ2v) is 7.81. The zero-order chi connectivity index (χ0) is 19.6. The molecule has 1 N–H and O–H groups in total. The van der Waals surface area contributed by atoms with Crippen molar-refractivity contribution in [1.82, 2.24) is 19.4 Å². The van der Waals surface area contributed by atoms with E-state index in [2.05, 4.69) is 14.7 Å². The van der Waals surface area contributed by atoms with Crippen LogP contribution in [0.4, 0.5) is 5.69 Å². The van der Waals surface area contributed by atoms with Crippen LogP contribution in [0.2, 0.25) is 0 Å². The van der Waals surface area contributed by atoms with Crippen molar-refractivity contribution in [2.75, 3.05) is 18.8 Å². The van der Waals surface area contributed by atoms with Gasteiger partial charge >= 0.3 is 0 Å². The smallest absolute Gasteiger partial charge is 0.269 e. The van der Waals surface area contributed by atoms with E-state index in [9.17, 15) is 13.2 Å². The van der Waals surface area contributed by atoms with E-state index in [-0.39, 0.29) is 22.2 Å². The third kappa shape index (κ3) is 3.82. The van der Waals surface area contributed by atoms with Gasteiger partial charge in [0.1, 0.15) is 16.9 Å². The molecule has 0 aliphatic carbocycles. The average molecular weight is 385 g/mol. The molecule has 3 rings (SSSR count). The number of amides is 1. The molecule has 0 saturated heterocycles. The number of benzene rings is 1. The van der Waals surface area contributed by atoms with Crippen molar-refractivity contribution >= 4 is 21.6 Å². The molecule has 27 heavy (non-hydrogen) atoms. The van der Waals surface area contributed by atoms with E-state index in [1.807, 2.05) is 30.3 Å². The molecule has 2 aromatic heterocycles. The monoisotopic (exact) mass is 385 g/mol. The van der Waals surface area contributed by atoms with Crippen LogP contribution in [0.25, 0.3) is 11.3 Å². The van der Waals surface area contributed by atoms with Crippen LogP contribution in [-0.4, -0.2) is 47.9 Å². The molecule has 2 heterocycles. The highest BCUT2D eigenvalue weighted by atomic mass is 32.2. The molecule has 0 bridgehead atoms. The van der Waals surface area contributed by atoms with Gasteiger partial charge in [-0.05, 0) is 6.07 Å². The number of sulfonamides is 1. The Morgan fingerprint density at radius 2 is 1.89 bits per heavy atom. The Morgan fingerprint density at radius 3 is 2.56 bits per heavy atom. The molecule has 3 aromatic rings. The second kappa shape index (κ2) is 7.20. The number of rotatable bonds is 5. The maximum atomic E-state index is 12.8. The van der Waals surface area contributed by atoms with Crippen LogP contribution < -0.4 is 4.72 Å². The summed E-state index contributed by atoms with van der Waals surface area (Å²) in [5.74, 6) is -0.285. The van der Waals surface area contributed by atoms with Gasteiger partial charge in [0.2, 0.25) is 0 Å². The number of aryl methyl sites for hydroxylation is 1. The van der Waals surface area contributed by atoms with Gasteiger partial charge in [0.05, 0.1) is 17.6 Å². The highest BCUT2D eigenvalue weighted by Crippen LogP contribution is 2.27. The minimum Gasteiger partial charge on any atom is -0.345 e. The van der Waals surface area contributed by atoms with Crippen LogP contribution >= 0.6 is 0 Å². The molecule has 0 radical (unpaired) electrons. The van der Waals surface area contributed by atoms with Gasteiger partial charge in [-0.25, -0.2) is 18.4 Å². The third-order valence-corrected chi connectivity index (χ3v) is 5.25. The van der Waals surface area contributed by atoms with Crippen molar-refractivity contribution in [3.63, 3.8) is 0 Å². The topological polar surface area (TPSA) is 97.2 Å². The lowest BCUT2D eigenvalue weighted by Gasteiger charge is -2.10. The highest BCUT2D eigenvalue weighted by molar-refractivity contribution is 7.92. The van der Waals surface area contributed by atoms with Gasteiger partial charge < -0.3 is 9.47 Å². The Kier molecular flexibility index (Phi) is 4.95. The molecule has 1 aromatic carbocycles. The standard InChI is InChI=1S/C18H19N5O3S/c1-22(2)18(24)16-9-14(11-23(16)3)27(25,26)21-15-10-19-12-20-17(15)13-7-5-4-6-8-13/h4-12,21H,1-3H3. The molecule has 0 saturated carbocycles. The summed E-state index contributed by atoms with van der Waals surface area (Å²) in [6.45, 7) is 0. The minimum atomic E-state index is -3.93. The van der Waals surface area contributed by atoms with E-state index in [0.29, 0.717) is 5.69 Å². The first kappa shape index (κ1) is 18.6. The molecule has 0 atom stereocenters. The first-order chi connectivity index (χ1) is 12.8. The molecular formula is C18H19N5O3S. The molecule has 0 aliphatic heterocycles. The van der Waals surface area contributed by atoms with Gasteiger partial charge in [0, 0.05) is 32.9 Å². The van der Waals surface area contributed by atoms with E-state index < -0.39 is 10.0 Å². The number of carbonyl (C=O) groups excluding carboxylic acids is 1. The molecule has 140 valence electrons. The number of hydrogen-bond donors (Lipinski definition) is 1. The fraction of sp³-hybridized carbons (Fsp3) is 0.167. The van der Waals surface area contributed by atoms with Crippen molar-refractivity contribution in [1.29, 1.82) is 0 Å². The van der Waals surface area contributed by atoms with Crippen LogP contribution in [-0.2, 0) is 17.1 Å². The van der Waals surface area contributed by atoms with Crippen molar-refractivity contribution in [2.24, 2.45) is 7.05 Å². The van der Waals surface area contributed by atoms with E-state index in [1.165, 1.54) is 34.3 Å². The van der Waals surface area contributed by atoms with Gasteiger partial charge in [0.15, 0.2) is 0 Å². The van der Waals surface area contributed by atoms with Gasteiger partial charge in [-0.3, -0.25) is 9.52 Å². The number of nitrogens with one attached hydrogen (secondary N) is 1. The lowest BCUT2D eigenvalue weighted by atomic mass is 10.1. The van der Waals surface area contributed by atoms with Crippen LogP contribution in [0.1, 0.15) is 10.5 Å². The number of anilines is 1. The maximum Gasteiger partial charge on any atom is 0.269 e. The lowest BCUT2D eigenvalue weighted by molar-refractivity contribution is 0.0818. The molecule has 9 heteroatoms. The molecule has 0 spiro atoms. The number of aromatic nitrogens is 3. The molecule has 8 nitrogen and oxygen atoms in total. The SMILES string of the molecule is CN(C)C(=O)c1cc(S(=O)(=O)Nc2cncnc2-c2ccccc2)cn1C. The predicted octanol–water partition coefficient (Wildman–Crippen LogP) is 1.98. The van der Waals surface area contributed by atoms with Crippen LogP contribution in [0.5, 0.6) is 0 Å². The summed E-state index contributed by atoms with van der Waals surface area (Å²) >= 11 is 0. The zero-order valence-electron chi connectivity index (χ0n) is 15.1. The average Bonchev–Trinajstić information content (AvgIpc) is 3.04. The fourth-order valence-electron chi connectivity index (χ4n) is 2.56. The van der Waals surface area contributed by atoms with E-state index >= 15 is 0 Å². The van der Waals surface area contributed by atoms with Gasteiger partial charge in [-0.2, -0.15) is 0 Å². The quantitative estimate of drug-likeness (QED) is 0.724. The lowest BCUT2D eigenvalue weighted by Crippen LogP contribution is -2.23. The summed E-state index contributed by atoms with van der Waals surface area (Å²) in [7, 11) is 0.908. The zero-order valence-corrected chi connectivity index (χ0v) is 15.9. The Labute approximate surface area is 157 Å². The van der Waals surface area contributed by atoms with Gasteiger partial charge in [0.25, 0.3) is 15.9 Å². The molecule has 0 fully saturated rings. The number of hydrogen-bond acceptors (Lipinski definition) is 5.